The quantitative estimate of drug-likeness (QED) is 0.676. The summed E-state index contributed by atoms with van der Waals surface area (Å²) in [6, 6.07) is 0.0126. The zero-order chi connectivity index (χ0) is 16.7. The number of nitrogens with zero attached hydrogens (tertiary/aromatic N) is 4. The molecule has 2 aromatic heterocycles. The predicted molar refractivity (Wildman–Crippen MR) is 90.3 cm³/mol. The van der Waals surface area contributed by atoms with E-state index in [4.69, 9.17) is 0 Å². The number of nitro groups is 1. The molecule has 24 heavy (non-hydrogen) atoms. The third-order valence-corrected chi connectivity index (χ3v) is 5.71. The van der Waals surface area contributed by atoms with Gasteiger partial charge in [-0.25, -0.2) is 0 Å². The molecule has 1 saturated heterocycles. The lowest BCUT2D eigenvalue weighted by molar-refractivity contribution is -0.389. The molecule has 1 unspecified atom stereocenters. The first-order valence-corrected chi connectivity index (χ1v) is 9.16. The maximum Gasteiger partial charge on any atom is 0.372 e. The highest BCUT2D eigenvalue weighted by atomic mass is 32.1. The summed E-state index contributed by atoms with van der Waals surface area (Å²) < 4.78 is 1.49. The number of amides is 1. The number of imidazole rings is 1. The van der Waals surface area contributed by atoms with Gasteiger partial charge in [-0.3, -0.25) is 4.79 Å². The minimum Gasteiger partial charge on any atom is -0.358 e. The van der Waals surface area contributed by atoms with Crippen LogP contribution in [0.5, 0.6) is 0 Å². The Labute approximate surface area is 142 Å². The first-order valence-electron chi connectivity index (χ1n) is 8.29. The number of rotatable bonds is 4. The van der Waals surface area contributed by atoms with Gasteiger partial charge in [-0.2, -0.15) is 9.38 Å². The average molecular weight is 349 g/mol. The number of anilines is 1. The van der Waals surface area contributed by atoms with Gasteiger partial charge < -0.3 is 20.3 Å². The normalized spacial score (nSPS) is 21.7. The number of carbonyl (C=O) groups excluding carboxylic acids is 1. The maximum absolute atomic E-state index is 12.5. The zero-order valence-corrected chi connectivity index (χ0v) is 14.0. The summed E-state index contributed by atoms with van der Waals surface area (Å²) in [4.78, 5) is 30.3. The maximum atomic E-state index is 12.5. The molecule has 9 heteroatoms. The van der Waals surface area contributed by atoms with E-state index in [0.29, 0.717) is 23.9 Å². The highest BCUT2D eigenvalue weighted by molar-refractivity contribution is 7.15. The summed E-state index contributed by atoms with van der Waals surface area (Å²) in [7, 11) is 0. The molecule has 4 rings (SSSR count). The smallest absolute Gasteiger partial charge is 0.358 e. The molecule has 0 aromatic carbocycles. The number of hydrogen-bond acceptors (Lipinski definition) is 6. The molecule has 0 bridgehead atoms. The van der Waals surface area contributed by atoms with Crippen LogP contribution >= 0.6 is 11.3 Å². The van der Waals surface area contributed by atoms with Gasteiger partial charge in [-0.15, -0.1) is 0 Å². The van der Waals surface area contributed by atoms with Crippen molar-refractivity contribution in [2.45, 2.75) is 38.1 Å². The van der Waals surface area contributed by atoms with Crippen molar-refractivity contribution in [2.24, 2.45) is 5.92 Å². The fourth-order valence-electron chi connectivity index (χ4n) is 3.75. The van der Waals surface area contributed by atoms with Crippen molar-refractivity contribution in [3.8, 4) is 0 Å². The van der Waals surface area contributed by atoms with E-state index in [1.165, 1.54) is 15.7 Å². The number of nitrogens with one attached hydrogen (secondary N) is 1. The first kappa shape index (κ1) is 15.4. The lowest BCUT2D eigenvalue weighted by atomic mass is 10.1. The van der Waals surface area contributed by atoms with Crippen LogP contribution in [0.2, 0.25) is 0 Å². The SMILES string of the molecule is O=C(C1CCCC1)N1CCC(Nc2nc3sccn3c2[N+](=O)[O-])C1. The van der Waals surface area contributed by atoms with E-state index in [2.05, 4.69) is 10.3 Å². The molecule has 2 aliphatic rings. The van der Waals surface area contributed by atoms with E-state index in [9.17, 15) is 14.9 Å². The van der Waals surface area contributed by atoms with Gasteiger partial charge in [0.2, 0.25) is 11.7 Å². The summed E-state index contributed by atoms with van der Waals surface area (Å²) in [5.41, 5.74) is 0. The lowest BCUT2D eigenvalue weighted by Gasteiger charge is -2.20. The number of thiazole rings is 1. The fourth-order valence-corrected chi connectivity index (χ4v) is 4.46. The summed E-state index contributed by atoms with van der Waals surface area (Å²) >= 11 is 1.36. The Kier molecular flexibility index (Phi) is 3.87. The van der Waals surface area contributed by atoms with Crippen molar-refractivity contribution in [1.29, 1.82) is 0 Å². The van der Waals surface area contributed by atoms with E-state index < -0.39 is 4.92 Å². The molecule has 8 nitrogen and oxygen atoms in total. The van der Waals surface area contributed by atoms with Gasteiger partial charge in [0.15, 0.2) is 0 Å². The van der Waals surface area contributed by atoms with Crippen molar-refractivity contribution < 1.29 is 9.72 Å². The Morgan fingerprint density at radius 2 is 2.17 bits per heavy atom. The van der Waals surface area contributed by atoms with Crippen LogP contribution in [0, 0.1) is 16.0 Å². The van der Waals surface area contributed by atoms with Crippen LogP contribution in [0.3, 0.4) is 0 Å². The molecular weight excluding hydrogens is 330 g/mol. The molecule has 2 aromatic rings. The van der Waals surface area contributed by atoms with Crippen molar-refractivity contribution in [2.75, 3.05) is 18.4 Å². The van der Waals surface area contributed by atoms with Crippen LogP contribution in [-0.4, -0.2) is 44.2 Å². The van der Waals surface area contributed by atoms with Gasteiger partial charge in [0, 0.05) is 30.4 Å². The van der Waals surface area contributed by atoms with Crippen molar-refractivity contribution in [3.05, 3.63) is 21.7 Å². The molecule has 0 radical (unpaired) electrons. The Hall–Kier alpha value is -2.16. The number of carbonyl (C=O) groups is 1. The second kappa shape index (κ2) is 6.04. The van der Waals surface area contributed by atoms with E-state index in [0.717, 1.165) is 32.1 Å². The van der Waals surface area contributed by atoms with Gasteiger partial charge in [0.25, 0.3) is 4.96 Å². The summed E-state index contributed by atoms with van der Waals surface area (Å²) in [6.45, 7) is 1.31. The minimum atomic E-state index is -0.411. The molecule has 1 atom stereocenters. The van der Waals surface area contributed by atoms with Crippen molar-refractivity contribution >= 4 is 33.8 Å². The zero-order valence-electron chi connectivity index (χ0n) is 13.2. The molecule has 2 fully saturated rings. The van der Waals surface area contributed by atoms with Gasteiger partial charge in [-0.05, 0) is 24.2 Å². The molecule has 128 valence electrons. The molecule has 1 saturated carbocycles. The number of hydrogen-bond donors (Lipinski definition) is 1. The average Bonchev–Trinajstić information content (AvgIpc) is 3.31. The topological polar surface area (TPSA) is 92.8 Å². The Balaban J connectivity index is 1.47. The van der Waals surface area contributed by atoms with Crippen LogP contribution in [0.25, 0.3) is 4.96 Å². The predicted octanol–water partition coefficient (Wildman–Crippen LogP) is 2.51. The van der Waals surface area contributed by atoms with Crippen LogP contribution in [0.15, 0.2) is 11.6 Å². The largest absolute Gasteiger partial charge is 0.372 e. The molecule has 1 N–H and O–H groups in total. The first-order chi connectivity index (χ1) is 11.6. The lowest BCUT2D eigenvalue weighted by Crippen LogP contribution is -2.35. The minimum absolute atomic E-state index is 0.0126. The van der Waals surface area contributed by atoms with Crippen molar-refractivity contribution in [1.82, 2.24) is 14.3 Å². The number of fused-ring (bicyclic) bond motifs is 1. The highest BCUT2D eigenvalue weighted by Crippen LogP contribution is 2.31. The Bertz CT molecular complexity index is 779. The molecule has 0 spiro atoms. The molecule has 3 heterocycles. The van der Waals surface area contributed by atoms with Crippen LogP contribution in [0.1, 0.15) is 32.1 Å². The van der Waals surface area contributed by atoms with Gasteiger partial charge in [0.05, 0.1) is 0 Å². The van der Waals surface area contributed by atoms with Gasteiger partial charge in [0.1, 0.15) is 6.20 Å². The summed E-state index contributed by atoms with van der Waals surface area (Å²) in [5, 5.41) is 16.3. The standard InChI is InChI=1S/C15H19N5O3S/c21-14(10-3-1-2-4-10)18-6-5-11(9-18)16-12-13(20(22)23)19-7-8-24-15(19)17-12/h7-8,10-11,16H,1-6,9H2. The van der Waals surface area contributed by atoms with E-state index in [-0.39, 0.29) is 23.7 Å². The molecule has 1 aliphatic heterocycles. The summed E-state index contributed by atoms with van der Waals surface area (Å²) in [6.07, 6.45) is 6.72. The molecular formula is C15H19N5O3S. The molecule has 1 aliphatic carbocycles. The summed E-state index contributed by atoms with van der Waals surface area (Å²) in [5.74, 6) is 0.687. The number of aromatic nitrogens is 2. The van der Waals surface area contributed by atoms with E-state index >= 15 is 0 Å². The van der Waals surface area contributed by atoms with Crippen LogP contribution in [0.4, 0.5) is 11.6 Å². The van der Waals surface area contributed by atoms with E-state index in [1.54, 1.807) is 11.6 Å². The van der Waals surface area contributed by atoms with Crippen molar-refractivity contribution in [3.63, 3.8) is 0 Å². The highest BCUT2D eigenvalue weighted by Gasteiger charge is 2.34. The van der Waals surface area contributed by atoms with E-state index in [1.807, 2.05) is 4.90 Å². The van der Waals surface area contributed by atoms with Gasteiger partial charge in [-0.1, -0.05) is 24.2 Å². The van der Waals surface area contributed by atoms with Crippen LogP contribution in [-0.2, 0) is 4.79 Å². The Morgan fingerprint density at radius 1 is 1.38 bits per heavy atom. The monoisotopic (exact) mass is 349 g/mol. The van der Waals surface area contributed by atoms with Gasteiger partial charge >= 0.3 is 5.82 Å². The second-order valence-electron chi connectivity index (χ2n) is 6.49. The third-order valence-electron chi connectivity index (χ3n) is 4.96. The van der Waals surface area contributed by atoms with Crippen LogP contribution < -0.4 is 5.32 Å². The third kappa shape index (κ3) is 2.62. The fraction of sp³-hybridized carbons (Fsp3) is 0.600. The number of likely N-dealkylation sites (tertiary alicyclic amines) is 1. The molecule has 1 amide bonds. The Morgan fingerprint density at radius 3 is 2.92 bits per heavy atom. The second-order valence-corrected chi connectivity index (χ2v) is 7.37.